The van der Waals surface area contributed by atoms with Gasteiger partial charge in [-0.15, -0.1) is 0 Å². The van der Waals surface area contributed by atoms with Crippen LogP contribution in [0.5, 0.6) is 0 Å². The second-order valence-corrected chi connectivity index (χ2v) is 14.0. The average molecular weight is 688 g/mol. The molecule has 0 unspecified atom stereocenters. The van der Waals surface area contributed by atoms with E-state index in [0.717, 1.165) is 62.9 Å². The summed E-state index contributed by atoms with van der Waals surface area (Å²) in [5.41, 5.74) is 3.25. The molecule has 0 aromatic heterocycles. The Labute approximate surface area is 257 Å². The Morgan fingerprint density at radius 2 is 1.59 bits per heavy atom. The molecule has 1 saturated carbocycles. The molecule has 0 heterocycles. The molecule has 1 aliphatic carbocycles. The number of carbonyl (C=O) groups excluding carboxylic acids is 2. The molecule has 9 heteroatoms. The second-order valence-electron chi connectivity index (χ2n) is 10.8. The van der Waals surface area contributed by atoms with E-state index in [9.17, 15) is 18.0 Å². The van der Waals surface area contributed by atoms with Gasteiger partial charge >= 0.3 is 0 Å². The van der Waals surface area contributed by atoms with E-state index >= 15 is 0 Å². The monoisotopic (exact) mass is 687 g/mol. The summed E-state index contributed by atoms with van der Waals surface area (Å²) in [6.45, 7) is 1.75. The van der Waals surface area contributed by atoms with Crippen molar-refractivity contribution in [2.45, 2.75) is 64.1 Å². The summed E-state index contributed by atoms with van der Waals surface area (Å²) >= 11 is 2.15. The van der Waals surface area contributed by atoms with Gasteiger partial charge in [-0.2, -0.15) is 0 Å². The largest absolute Gasteiger partial charge is 0.352 e. The van der Waals surface area contributed by atoms with Gasteiger partial charge in [-0.25, -0.2) is 8.42 Å². The highest BCUT2D eigenvalue weighted by molar-refractivity contribution is 14.1. The lowest BCUT2D eigenvalue weighted by atomic mass is 9.94. The van der Waals surface area contributed by atoms with E-state index in [-0.39, 0.29) is 18.5 Å². The molecule has 4 rings (SSSR count). The van der Waals surface area contributed by atoms with E-state index in [2.05, 4.69) is 27.9 Å². The molecule has 0 spiro atoms. The molecule has 1 fully saturated rings. The number of aryl methyl sites for hydroxylation is 1. The number of halogens is 1. The summed E-state index contributed by atoms with van der Waals surface area (Å²) in [5, 5.41) is 3.23. The van der Waals surface area contributed by atoms with E-state index in [1.807, 2.05) is 61.5 Å². The maximum Gasteiger partial charge on any atom is 0.244 e. The smallest absolute Gasteiger partial charge is 0.244 e. The fourth-order valence-corrected chi connectivity index (χ4v) is 6.54. The molecule has 0 saturated heterocycles. The van der Waals surface area contributed by atoms with Crippen molar-refractivity contribution < 1.29 is 18.0 Å². The number of amides is 2. The van der Waals surface area contributed by atoms with Gasteiger partial charge in [0.15, 0.2) is 0 Å². The van der Waals surface area contributed by atoms with E-state index in [1.165, 1.54) is 0 Å². The van der Waals surface area contributed by atoms with Crippen LogP contribution in [0.25, 0.3) is 0 Å². The quantitative estimate of drug-likeness (QED) is 0.272. The van der Waals surface area contributed by atoms with Gasteiger partial charge in [-0.1, -0.05) is 79.4 Å². The standard InChI is InChI=1S/C32H38IN3O4S/c1-24-10-9-13-26(20-24)22-35(31(37)23-36(41(2,39)40)29-18-16-27(33)17-19-29)30(21-25-11-5-3-6-12-25)32(38)34-28-14-7-4-8-15-28/h3,5-6,9-13,16-20,28,30H,4,7-8,14-15,21-23H2,1-2H3,(H,34,38)/t30-/m1/s1. The summed E-state index contributed by atoms with van der Waals surface area (Å²) in [7, 11) is -3.78. The van der Waals surface area contributed by atoms with Crippen molar-refractivity contribution in [1.82, 2.24) is 10.2 Å². The molecule has 3 aromatic carbocycles. The van der Waals surface area contributed by atoms with Crippen LogP contribution in [0.4, 0.5) is 5.69 Å². The lowest BCUT2D eigenvalue weighted by molar-refractivity contribution is -0.140. The molecule has 3 aromatic rings. The molecule has 2 amide bonds. The molecule has 1 N–H and O–H groups in total. The fraction of sp³-hybridized carbons (Fsp3) is 0.375. The zero-order chi connectivity index (χ0) is 29.4. The number of carbonyl (C=O) groups is 2. The number of nitrogens with zero attached hydrogens (tertiary/aromatic N) is 2. The van der Waals surface area contributed by atoms with E-state index < -0.39 is 28.5 Å². The first-order chi connectivity index (χ1) is 19.6. The third-order valence-electron chi connectivity index (χ3n) is 7.45. The van der Waals surface area contributed by atoms with Crippen LogP contribution in [0.3, 0.4) is 0 Å². The van der Waals surface area contributed by atoms with Crippen LogP contribution in [0.15, 0.2) is 78.9 Å². The summed E-state index contributed by atoms with van der Waals surface area (Å²) < 4.78 is 27.9. The number of anilines is 1. The maximum absolute atomic E-state index is 14.2. The molecule has 0 aliphatic heterocycles. The Morgan fingerprint density at radius 3 is 2.22 bits per heavy atom. The first kappa shape index (κ1) is 31.0. The van der Waals surface area contributed by atoms with Crippen LogP contribution in [0.2, 0.25) is 0 Å². The first-order valence-electron chi connectivity index (χ1n) is 14.0. The highest BCUT2D eigenvalue weighted by atomic mass is 127. The van der Waals surface area contributed by atoms with Crippen LogP contribution < -0.4 is 9.62 Å². The van der Waals surface area contributed by atoms with Gasteiger partial charge in [-0.05, 0) is 77.7 Å². The Bertz CT molecular complexity index is 1420. The minimum atomic E-state index is -3.78. The van der Waals surface area contributed by atoms with Gasteiger partial charge in [0.1, 0.15) is 12.6 Å². The van der Waals surface area contributed by atoms with Crippen LogP contribution >= 0.6 is 22.6 Å². The molecule has 1 aliphatic rings. The third-order valence-corrected chi connectivity index (χ3v) is 9.31. The van der Waals surface area contributed by atoms with Gasteiger partial charge < -0.3 is 10.2 Å². The Hall–Kier alpha value is -2.92. The Kier molecular flexibility index (Phi) is 10.8. The van der Waals surface area contributed by atoms with Crippen molar-refractivity contribution in [3.63, 3.8) is 0 Å². The number of rotatable bonds is 11. The van der Waals surface area contributed by atoms with Crippen LogP contribution in [-0.4, -0.2) is 50.0 Å². The zero-order valence-corrected chi connectivity index (χ0v) is 26.6. The molecular weight excluding hydrogens is 649 g/mol. The average Bonchev–Trinajstić information content (AvgIpc) is 2.94. The van der Waals surface area contributed by atoms with Crippen molar-refractivity contribution in [3.05, 3.63) is 99.1 Å². The molecule has 0 radical (unpaired) electrons. The van der Waals surface area contributed by atoms with Gasteiger partial charge in [0.2, 0.25) is 21.8 Å². The van der Waals surface area contributed by atoms with Crippen LogP contribution in [0, 0.1) is 10.5 Å². The molecule has 0 bridgehead atoms. The predicted octanol–water partition coefficient (Wildman–Crippen LogP) is 5.45. The highest BCUT2D eigenvalue weighted by Gasteiger charge is 2.34. The van der Waals surface area contributed by atoms with Gasteiger partial charge in [0, 0.05) is 22.6 Å². The van der Waals surface area contributed by atoms with E-state index in [4.69, 9.17) is 0 Å². The summed E-state index contributed by atoms with van der Waals surface area (Å²) in [4.78, 5) is 29.7. The Morgan fingerprint density at radius 1 is 0.927 bits per heavy atom. The maximum atomic E-state index is 14.2. The summed E-state index contributed by atoms with van der Waals surface area (Å²) in [5.74, 6) is -0.642. The minimum Gasteiger partial charge on any atom is -0.352 e. The third kappa shape index (κ3) is 9.03. The number of nitrogens with one attached hydrogen (secondary N) is 1. The van der Waals surface area contributed by atoms with Gasteiger partial charge in [-0.3, -0.25) is 13.9 Å². The minimum absolute atomic E-state index is 0.0738. The second kappa shape index (κ2) is 14.3. The number of hydrogen-bond donors (Lipinski definition) is 1. The SMILES string of the molecule is Cc1cccc(CN(C(=O)CN(c2ccc(I)cc2)S(C)(=O)=O)[C@H](Cc2ccccc2)C(=O)NC2CCCCC2)c1. The number of benzene rings is 3. The van der Waals surface area contributed by atoms with Crippen LogP contribution in [-0.2, 0) is 32.6 Å². The van der Waals surface area contributed by atoms with Crippen LogP contribution in [0.1, 0.15) is 48.8 Å². The lowest BCUT2D eigenvalue weighted by Crippen LogP contribution is -2.55. The van der Waals surface area contributed by atoms with Crippen molar-refractivity contribution >= 4 is 50.1 Å². The van der Waals surface area contributed by atoms with Crippen molar-refractivity contribution in [1.29, 1.82) is 0 Å². The lowest BCUT2D eigenvalue weighted by Gasteiger charge is -2.35. The van der Waals surface area contributed by atoms with Crippen molar-refractivity contribution in [3.8, 4) is 0 Å². The Balaban J connectivity index is 1.71. The molecular formula is C32H38IN3O4S. The zero-order valence-electron chi connectivity index (χ0n) is 23.6. The molecule has 7 nitrogen and oxygen atoms in total. The first-order valence-corrected chi connectivity index (χ1v) is 17.0. The predicted molar refractivity (Wildman–Crippen MR) is 172 cm³/mol. The normalized spacial score (nSPS) is 14.7. The summed E-state index contributed by atoms with van der Waals surface area (Å²) in [6.07, 6.45) is 6.56. The highest BCUT2D eigenvalue weighted by Crippen LogP contribution is 2.23. The summed E-state index contributed by atoms with van der Waals surface area (Å²) in [6, 6.07) is 23.7. The molecule has 1 atom stereocenters. The molecule has 218 valence electrons. The van der Waals surface area contributed by atoms with Gasteiger partial charge in [0.05, 0.1) is 11.9 Å². The molecule has 41 heavy (non-hydrogen) atoms. The number of hydrogen-bond acceptors (Lipinski definition) is 4. The number of sulfonamides is 1. The topological polar surface area (TPSA) is 86.8 Å². The van der Waals surface area contributed by atoms with Crippen molar-refractivity contribution in [2.24, 2.45) is 0 Å². The van der Waals surface area contributed by atoms with E-state index in [0.29, 0.717) is 12.1 Å². The van der Waals surface area contributed by atoms with Crippen molar-refractivity contribution in [2.75, 3.05) is 17.1 Å². The van der Waals surface area contributed by atoms with E-state index in [1.54, 1.807) is 29.2 Å². The fourth-order valence-electron chi connectivity index (χ4n) is 5.33. The van der Waals surface area contributed by atoms with Gasteiger partial charge in [0.25, 0.3) is 0 Å².